The first-order chi connectivity index (χ1) is 8.88. The number of piperidine rings is 1. The molecule has 2 rings (SSSR count). The maximum Gasteiger partial charge on any atom is 0.329 e. The van der Waals surface area contributed by atoms with Gasteiger partial charge in [-0.3, -0.25) is 0 Å². The highest BCUT2D eigenvalue weighted by Gasteiger charge is 2.48. The number of likely N-dealkylation sites (tertiary alicyclic amines) is 2. The van der Waals surface area contributed by atoms with Gasteiger partial charge in [0.25, 0.3) is 0 Å². The van der Waals surface area contributed by atoms with E-state index < -0.39 is 11.5 Å². The van der Waals surface area contributed by atoms with E-state index in [9.17, 15) is 14.7 Å². The molecule has 0 aromatic heterocycles. The highest BCUT2D eigenvalue weighted by atomic mass is 16.4. The first-order valence-electron chi connectivity index (χ1n) is 7.21. The number of carbonyl (C=O) groups excluding carboxylic acids is 1. The highest BCUT2D eigenvalue weighted by Crippen LogP contribution is 2.33. The third-order valence-electron chi connectivity index (χ3n) is 4.75. The molecular formula is C14H24N2O3. The summed E-state index contributed by atoms with van der Waals surface area (Å²) in [5.74, 6) is -0.893. The molecule has 0 bridgehead atoms. The van der Waals surface area contributed by atoms with Crippen LogP contribution in [0.5, 0.6) is 0 Å². The Balaban J connectivity index is 2.21. The molecule has 5 heteroatoms. The molecule has 1 N–H and O–H groups in total. The predicted octanol–water partition coefficient (Wildman–Crippen LogP) is 2.31. The Labute approximate surface area is 114 Å². The van der Waals surface area contributed by atoms with Crippen LogP contribution in [0.1, 0.15) is 52.9 Å². The molecule has 3 unspecified atom stereocenters. The predicted molar refractivity (Wildman–Crippen MR) is 72.0 cm³/mol. The summed E-state index contributed by atoms with van der Waals surface area (Å²) in [4.78, 5) is 27.6. The lowest BCUT2D eigenvalue weighted by Gasteiger charge is -2.43. The van der Waals surface area contributed by atoms with Crippen LogP contribution in [0.4, 0.5) is 4.79 Å². The number of carboxylic acid groups (broad SMARTS) is 1. The minimum atomic E-state index is -1.03. The molecule has 0 saturated carbocycles. The monoisotopic (exact) mass is 268 g/mol. The fourth-order valence-corrected chi connectivity index (χ4v) is 3.43. The zero-order chi connectivity index (χ0) is 14.2. The Bertz CT molecular complexity index is 375. The molecule has 3 atom stereocenters. The number of carbonyl (C=O) groups is 2. The third-order valence-corrected chi connectivity index (χ3v) is 4.75. The topological polar surface area (TPSA) is 60.9 Å². The standard InChI is InChI=1S/C14H24N2O3/c1-10-6-4-7-11(2)16(10)13(19)15-9-5-8-14(15,3)12(17)18/h10-11H,4-9H2,1-3H3,(H,17,18). The van der Waals surface area contributed by atoms with Gasteiger partial charge in [0.2, 0.25) is 0 Å². The van der Waals surface area contributed by atoms with Crippen molar-refractivity contribution >= 4 is 12.0 Å². The van der Waals surface area contributed by atoms with Crippen molar-refractivity contribution in [3.63, 3.8) is 0 Å². The summed E-state index contributed by atoms with van der Waals surface area (Å²) < 4.78 is 0. The van der Waals surface area contributed by atoms with Crippen molar-refractivity contribution in [2.24, 2.45) is 0 Å². The number of amides is 2. The van der Waals surface area contributed by atoms with E-state index in [1.165, 1.54) is 0 Å². The molecule has 0 aromatic rings. The second-order valence-electron chi connectivity index (χ2n) is 6.15. The van der Waals surface area contributed by atoms with Crippen LogP contribution in [0.15, 0.2) is 0 Å². The van der Waals surface area contributed by atoms with Gasteiger partial charge >= 0.3 is 12.0 Å². The minimum absolute atomic E-state index is 0.0953. The summed E-state index contributed by atoms with van der Waals surface area (Å²) in [5.41, 5.74) is -1.03. The van der Waals surface area contributed by atoms with E-state index in [1.807, 2.05) is 4.90 Å². The highest BCUT2D eigenvalue weighted by molar-refractivity contribution is 5.87. The van der Waals surface area contributed by atoms with Crippen molar-refractivity contribution in [2.75, 3.05) is 6.54 Å². The summed E-state index contributed by atoms with van der Waals surface area (Å²) >= 11 is 0. The number of urea groups is 1. The Morgan fingerprint density at radius 1 is 1.16 bits per heavy atom. The molecule has 2 saturated heterocycles. The average molecular weight is 268 g/mol. The summed E-state index contributed by atoms with van der Waals surface area (Å²) in [6.07, 6.45) is 4.47. The van der Waals surface area contributed by atoms with Gasteiger partial charge in [-0.05, 0) is 52.9 Å². The van der Waals surface area contributed by atoms with Crippen LogP contribution in [0.2, 0.25) is 0 Å². The second kappa shape index (κ2) is 5.02. The zero-order valence-corrected chi connectivity index (χ0v) is 12.1. The molecular weight excluding hydrogens is 244 g/mol. The third kappa shape index (κ3) is 2.30. The van der Waals surface area contributed by atoms with Gasteiger partial charge < -0.3 is 14.9 Å². The van der Waals surface area contributed by atoms with Crippen LogP contribution in [0.3, 0.4) is 0 Å². The Kier molecular flexibility index (Phi) is 3.74. The zero-order valence-electron chi connectivity index (χ0n) is 12.1. The van der Waals surface area contributed by atoms with E-state index in [0.29, 0.717) is 13.0 Å². The molecule has 2 aliphatic rings. The molecule has 2 heterocycles. The van der Waals surface area contributed by atoms with Crippen LogP contribution in [-0.2, 0) is 4.79 Å². The first-order valence-corrected chi connectivity index (χ1v) is 7.21. The molecule has 0 aliphatic carbocycles. The summed E-state index contributed by atoms with van der Waals surface area (Å²) in [5, 5.41) is 9.41. The molecule has 2 fully saturated rings. The Morgan fingerprint density at radius 3 is 2.26 bits per heavy atom. The smallest absolute Gasteiger partial charge is 0.329 e. The van der Waals surface area contributed by atoms with Crippen molar-refractivity contribution in [1.29, 1.82) is 0 Å². The second-order valence-corrected chi connectivity index (χ2v) is 6.15. The number of hydrogen-bond acceptors (Lipinski definition) is 2. The van der Waals surface area contributed by atoms with Gasteiger partial charge in [0, 0.05) is 18.6 Å². The van der Waals surface area contributed by atoms with E-state index in [-0.39, 0.29) is 18.1 Å². The SMILES string of the molecule is CC1CCCC(C)N1C(=O)N1CCCC1(C)C(=O)O. The lowest BCUT2D eigenvalue weighted by atomic mass is 9.96. The van der Waals surface area contributed by atoms with Crippen LogP contribution in [0.25, 0.3) is 0 Å². The van der Waals surface area contributed by atoms with Crippen LogP contribution >= 0.6 is 0 Å². The van der Waals surface area contributed by atoms with Gasteiger partial charge in [-0.15, -0.1) is 0 Å². The molecule has 5 nitrogen and oxygen atoms in total. The van der Waals surface area contributed by atoms with Gasteiger partial charge in [-0.1, -0.05) is 0 Å². The molecule has 0 aromatic carbocycles. The lowest BCUT2D eigenvalue weighted by Crippen LogP contribution is -2.59. The number of carboxylic acids is 1. The van der Waals surface area contributed by atoms with Gasteiger partial charge in [0.05, 0.1) is 0 Å². The van der Waals surface area contributed by atoms with Gasteiger partial charge in [0.15, 0.2) is 0 Å². The molecule has 2 amide bonds. The van der Waals surface area contributed by atoms with Crippen molar-refractivity contribution in [1.82, 2.24) is 9.80 Å². The number of hydrogen-bond donors (Lipinski definition) is 1. The van der Waals surface area contributed by atoms with Crippen molar-refractivity contribution in [3.8, 4) is 0 Å². The maximum absolute atomic E-state index is 12.7. The molecule has 0 radical (unpaired) electrons. The minimum Gasteiger partial charge on any atom is -0.480 e. The van der Waals surface area contributed by atoms with E-state index in [4.69, 9.17) is 0 Å². The molecule has 108 valence electrons. The fraction of sp³-hybridized carbons (Fsp3) is 0.857. The van der Waals surface area contributed by atoms with Crippen molar-refractivity contribution < 1.29 is 14.7 Å². The Hall–Kier alpha value is -1.26. The Morgan fingerprint density at radius 2 is 1.74 bits per heavy atom. The van der Waals surface area contributed by atoms with E-state index in [2.05, 4.69) is 13.8 Å². The van der Waals surface area contributed by atoms with Crippen molar-refractivity contribution in [3.05, 3.63) is 0 Å². The first kappa shape index (κ1) is 14.2. The van der Waals surface area contributed by atoms with Gasteiger partial charge in [-0.2, -0.15) is 0 Å². The maximum atomic E-state index is 12.7. The number of aliphatic carboxylic acids is 1. The largest absolute Gasteiger partial charge is 0.480 e. The molecule has 0 spiro atoms. The normalized spacial score (nSPS) is 35.5. The summed E-state index contributed by atoms with van der Waals surface area (Å²) in [6, 6.07) is 0.312. The van der Waals surface area contributed by atoms with Gasteiger partial charge in [0.1, 0.15) is 5.54 Å². The fourth-order valence-electron chi connectivity index (χ4n) is 3.43. The van der Waals surface area contributed by atoms with Crippen LogP contribution in [0, 0.1) is 0 Å². The average Bonchev–Trinajstić information content (AvgIpc) is 2.72. The summed E-state index contributed by atoms with van der Waals surface area (Å²) in [6.45, 7) is 6.33. The number of nitrogens with zero attached hydrogens (tertiary/aromatic N) is 2. The lowest BCUT2D eigenvalue weighted by molar-refractivity contribution is -0.147. The van der Waals surface area contributed by atoms with E-state index in [1.54, 1.807) is 11.8 Å². The quantitative estimate of drug-likeness (QED) is 0.794. The van der Waals surface area contributed by atoms with Crippen LogP contribution in [-0.4, -0.2) is 51.1 Å². The molecule has 2 aliphatic heterocycles. The van der Waals surface area contributed by atoms with Gasteiger partial charge in [-0.25, -0.2) is 9.59 Å². The number of rotatable bonds is 1. The van der Waals surface area contributed by atoms with E-state index in [0.717, 1.165) is 25.7 Å². The van der Waals surface area contributed by atoms with E-state index >= 15 is 0 Å². The summed E-state index contributed by atoms with van der Waals surface area (Å²) in [7, 11) is 0. The van der Waals surface area contributed by atoms with Crippen LogP contribution < -0.4 is 0 Å². The molecule has 19 heavy (non-hydrogen) atoms. The van der Waals surface area contributed by atoms with Crippen molar-refractivity contribution in [2.45, 2.75) is 70.5 Å².